The third-order valence-electron chi connectivity index (χ3n) is 0. The molecule has 0 unspecified atom stereocenters. The van der Waals surface area contributed by atoms with Gasteiger partial charge >= 0.3 is 81.6 Å². The molecule has 0 heterocycles. The molecule has 0 aromatic rings. The van der Waals surface area contributed by atoms with Crippen LogP contribution in [0, 0.1) is 23.7 Å². The number of carbonyl (C=O) groups excluding carboxylic acids is 4. The first-order chi connectivity index (χ1) is 10.2. The Morgan fingerprint density at radius 3 is 0.640 bits per heavy atom. The van der Waals surface area contributed by atoms with Crippen molar-refractivity contribution in [3.8, 4) is 0 Å². The number of rotatable bonds is 0. The second-order valence-corrected chi connectivity index (χ2v) is 24.6. The van der Waals surface area contributed by atoms with E-state index in [9.17, 15) is 0 Å². The van der Waals surface area contributed by atoms with Gasteiger partial charge in [-0.3, -0.25) is 27.2 Å². The quantitative estimate of drug-likeness (QED) is 0.266. The van der Waals surface area contributed by atoms with Crippen molar-refractivity contribution in [2.45, 2.75) is 20.3 Å². The molecule has 16 heteroatoms. The van der Waals surface area contributed by atoms with Crippen LogP contribution in [0.5, 0.6) is 0 Å². The van der Waals surface area contributed by atoms with Gasteiger partial charge in [0.05, 0.1) is 0 Å². The Balaban J connectivity index is -0.00000000582. The average molecular weight is 1060 g/mol. The smallest absolute Gasteiger partial charge is 0 e. The van der Waals surface area contributed by atoms with E-state index >= 15 is 0 Å². The van der Waals surface area contributed by atoms with Gasteiger partial charge in [-0.25, -0.2) is 0 Å². The summed E-state index contributed by atoms with van der Waals surface area (Å²) in [5.41, 5.74) is 0. The Morgan fingerprint density at radius 1 is 0.640 bits per heavy atom. The fourth-order valence-corrected chi connectivity index (χ4v) is 0. The standard InChI is InChI=1S/C3H8.2CN.4CHO.4BrH.2Co.2H2O.2Re/c1-3-2;6*1-2;;;;;;;;;;/h3H2,1-2H3;;;4*1H;4*1H;;;2*1H2;;/q;6*-1;;;;;;;;;2*+2/p-4. The Morgan fingerprint density at radius 2 is 0.640 bits per heavy atom. The molecule has 25 heavy (non-hydrogen) atoms. The van der Waals surface area contributed by atoms with E-state index in [1.54, 1.807) is 0 Å². The molecule has 0 fully saturated rings. The molecule has 0 aromatic heterocycles. The molecular formula is C9H16Br4Co2N2O6Re2-6. The van der Waals surface area contributed by atoms with Crippen molar-refractivity contribution in [3.05, 3.63) is 13.1 Å². The molecule has 0 spiro atoms. The third kappa shape index (κ3) is 4350. The Labute approximate surface area is 213 Å². The van der Waals surface area contributed by atoms with Crippen LogP contribution in [-0.2, 0) is 80.6 Å². The van der Waals surface area contributed by atoms with Crippen LogP contribution in [-0.4, -0.2) is 38.1 Å². The first-order valence-corrected chi connectivity index (χ1v) is 27.1. The van der Waals surface area contributed by atoms with Gasteiger partial charge in [0.1, 0.15) is 0 Å². The van der Waals surface area contributed by atoms with E-state index in [0.29, 0.717) is 0 Å². The fraction of sp³-hybridized carbons (Fsp3) is 0.333. The zero-order chi connectivity index (χ0) is 20.1. The van der Waals surface area contributed by atoms with Gasteiger partial charge in [0.15, 0.2) is 0 Å². The van der Waals surface area contributed by atoms with Gasteiger partial charge in [-0.2, -0.15) is 0 Å². The minimum absolute atomic E-state index is 0. The largest absolute Gasteiger partial charge is 0.545 e. The van der Waals surface area contributed by atoms with Crippen molar-refractivity contribution in [1.29, 1.82) is 10.5 Å². The molecule has 0 amide bonds. The number of hydrogen-bond acceptors (Lipinski definition) is 6. The Bertz CT molecular complexity index is 126. The molecule has 0 aromatic carbocycles. The van der Waals surface area contributed by atoms with Gasteiger partial charge in [0, 0.05) is 33.6 Å². The third-order valence-corrected chi connectivity index (χ3v) is 0. The van der Waals surface area contributed by atoms with Crippen molar-refractivity contribution in [2.75, 3.05) is 0 Å². The number of nitrogens with zero attached hydrogens (tertiary/aromatic N) is 2. The second-order valence-electron chi connectivity index (χ2n) is 0.815. The van der Waals surface area contributed by atoms with Gasteiger partial charge in [0.25, 0.3) is 0 Å². The first-order valence-electron chi connectivity index (χ1n) is 3.38. The molecule has 0 bridgehead atoms. The second kappa shape index (κ2) is 681. The predicted molar refractivity (Wildman–Crippen MR) is 95.8 cm³/mol. The van der Waals surface area contributed by atoms with Crippen LogP contribution in [0.15, 0.2) is 0 Å². The van der Waals surface area contributed by atoms with Crippen LogP contribution >= 0.6 is 53.7 Å². The molecule has 0 rings (SSSR count). The van der Waals surface area contributed by atoms with E-state index in [1.165, 1.54) is 6.42 Å². The summed E-state index contributed by atoms with van der Waals surface area (Å²) in [7, 11) is 0. The fourth-order valence-electron chi connectivity index (χ4n) is 0. The van der Waals surface area contributed by atoms with Crippen molar-refractivity contribution >= 4 is 80.9 Å². The minimum atomic E-state index is -0.0417. The summed E-state index contributed by atoms with van der Waals surface area (Å²) in [5, 5.41) is 12.5. The summed E-state index contributed by atoms with van der Waals surface area (Å²) in [6, 6.07) is 0. The van der Waals surface area contributed by atoms with Crippen LogP contribution in [0.2, 0.25) is 0 Å². The summed E-state index contributed by atoms with van der Waals surface area (Å²) in [6.07, 6.45) is 1.25. The van der Waals surface area contributed by atoms with Crippen LogP contribution in [0.4, 0.5) is 0 Å². The van der Waals surface area contributed by atoms with Crippen LogP contribution in [0.3, 0.4) is 0 Å². The monoisotopic (exact) mass is 1060 g/mol. The van der Waals surface area contributed by atoms with Gasteiger partial charge in [0.2, 0.25) is 0 Å². The number of hydrogen-bond donors (Lipinski definition) is 0. The molecule has 8 nitrogen and oxygen atoms in total. The van der Waals surface area contributed by atoms with E-state index in [2.05, 4.69) is 94.7 Å². The summed E-state index contributed by atoms with van der Waals surface area (Å²) < 4.78 is 0. The van der Waals surface area contributed by atoms with Gasteiger partial charge in [-0.15, -0.1) is 0 Å². The van der Waals surface area contributed by atoms with E-state index < -0.39 is 0 Å². The molecule has 0 aliphatic carbocycles. The van der Waals surface area contributed by atoms with Crippen molar-refractivity contribution in [2.24, 2.45) is 0 Å². The normalized spacial score (nSPS) is 2.96. The molecule has 0 saturated heterocycles. The molecule has 0 saturated carbocycles. The van der Waals surface area contributed by atoms with Gasteiger partial charge in [-0.1, -0.05) is 20.3 Å². The molecule has 0 aliphatic rings. The molecule has 0 aliphatic heterocycles. The topological polar surface area (TPSA) is 179 Å². The maximum atomic E-state index is 7.75. The zero-order valence-corrected chi connectivity index (χ0v) is 26.3. The van der Waals surface area contributed by atoms with Gasteiger partial charge in [-0.05, 0) is 0 Å². The summed E-state index contributed by atoms with van der Waals surface area (Å²) in [5.74, 6) is 0. The van der Waals surface area contributed by atoms with Crippen molar-refractivity contribution in [3.63, 3.8) is 0 Å². The van der Waals surface area contributed by atoms with E-state index in [1.807, 2.05) is 0 Å². The maximum absolute atomic E-state index is 7.75. The van der Waals surface area contributed by atoms with E-state index in [4.69, 9.17) is 42.8 Å². The summed E-state index contributed by atoms with van der Waals surface area (Å²) in [4.78, 5) is 31.0. The van der Waals surface area contributed by atoms with Crippen LogP contribution in [0.25, 0.3) is 0 Å². The number of halogens is 4. The molecular weight excluding hydrogens is 1040 g/mol. The van der Waals surface area contributed by atoms with Crippen LogP contribution in [0.1, 0.15) is 20.3 Å². The van der Waals surface area contributed by atoms with E-state index in [0.717, 1.165) is 0 Å². The minimum Gasteiger partial charge on any atom is -0.545 e. The summed E-state index contributed by atoms with van der Waals surface area (Å²) >= 11 is 12.8. The van der Waals surface area contributed by atoms with Gasteiger partial charge < -0.3 is 53.8 Å². The SMILES string of the molecule is CCC.O.O.[Br][Re][Br].[Br][Re][Br].[C-]#N.[C-]#N.[CH-]=O.[CH-]=O.[CH-]=O.[CH-]=O.[Co].[Co]. The average Bonchev–Trinajstić information content (AvgIpc) is 2.60. The van der Waals surface area contributed by atoms with Crippen molar-refractivity contribution < 1.29 is 91.6 Å². The first kappa shape index (κ1) is 93.6. The predicted octanol–water partition coefficient (Wildman–Crippen LogP) is 2.24. The molecule has 0 atom stereocenters. The molecule has 2 radical (unpaired) electrons. The molecule has 164 valence electrons. The van der Waals surface area contributed by atoms with E-state index in [-0.39, 0.29) is 72.4 Å². The maximum Gasteiger partial charge on any atom is 0 e. The summed E-state index contributed by atoms with van der Waals surface area (Å²) in [6.45, 7) is 26.8. The Kier molecular flexibility index (Phi) is 2550. The Hall–Kier alpha value is 1.84. The van der Waals surface area contributed by atoms with Crippen molar-refractivity contribution in [1.82, 2.24) is 0 Å². The van der Waals surface area contributed by atoms with Crippen LogP contribution < -0.4 is 0 Å². The molecule has 4 N–H and O–H groups in total. The zero-order valence-electron chi connectivity index (χ0n) is 12.5.